The largest absolute Gasteiger partial charge is 0.497 e. The predicted octanol–water partition coefficient (Wildman–Crippen LogP) is 0.595. The van der Waals surface area contributed by atoms with Gasteiger partial charge in [0.05, 0.1) is 7.11 Å². The van der Waals surface area contributed by atoms with E-state index in [0.29, 0.717) is 0 Å². The molecule has 2 aliphatic carbocycles. The Bertz CT molecular complexity index is 567. The van der Waals surface area contributed by atoms with Crippen molar-refractivity contribution in [1.82, 2.24) is 0 Å². The Morgan fingerprint density at radius 2 is 1.73 bits per heavy atom. The average molecular weight is 200 g/mol. The maximum atomic E-state index is 5.48. The molecule has 0 radical (unpaired) electrons. The van der Waals surface area contributed by atoms with Gasteiger partial charge in [-0.15, -0.1) is 0 Å². The summed E-state index contributed by atoms with van der Waals surface area (Å²) in [4.78, 5) is 0. The van der Waals surface area contributed by atoms with Gasteiger partial charge in [0.1, 0.15) is 11.9 Å². The second kappa shape index (κ2) is 2.97. The quantitative estimate of drug-likeness (QED) is 0.696. The number of rotatable bonds is 2. The molecule has 1 unspecified atom stereocenters. The van der Waals surface area contributed by atoms with Crippen molar-refractivity contribution in [2.75, 3.05) is 14.2 Å². The molecule has 0 N–H and O–H groups in total. The number of ether oxygens (including phenoxy) is 2. The van der Waals surface area contributed by atoms with Crippen LogP contribution in [0.5, 0.6) is 5.75 Å². The second-order valence-electron chi connectivity index (χ2n) is 3.77. The smallest absolute Gasteiger partial charge is 0.119 e. The van der Waals surface area contributed by atoms with Gasteiger partial charge in [0.15, 0.2) is 0 Å². The SMILES string of the molecule is COc1ccc2c(c1)=C1C=CC=2C1OC. The minimum Gasteiger partial charge on any atom is -0.497 e. The Hall–Kier alpha value is -1.54. The Morgan fingerprint density at radius 3 is 2.40 bits per heavy atom. The zero-order valence-corrected chi connectivity index (χ0v) is 8.78. The topological polar surface area (TPSA) is 18.5 Å². The van der Waals surface area contributed by atoms with Gasteiger partial charge in [-0.05, 0) is 33.7 Å². The van der Waals surface area contributed by atoms with Crippen LogP contribution in [0.4, 0.5) is 0 Å². The van der Waals surface area contributed by atoms with Gasteiger partial charge in [-0.3, -0.25) is 0 Å². The summed E-state index contributed by atoms with van der Waals surface area (Å²) in [6, 6.07) is 6.17. The number of fused-ring (bicyclic) bond motifs is 3. The van der Waals surface area contributed by atoms with Crippen LogP contribution in [-0.2, 0) is 4.74 Å². The minimum atomic E-state index is 0.132. The van der Waals surface area contributed by atoms with Gasteiger partial charge >= 0.3 is 0 Å². The lowest BCUT2D eigenvalue weighted by Crippen LogP contribution is -2.24. The van der Waals surface area contributed by atoms with Gasteiger partial charge in [-0.2, -0.15) is 0 Å². The summed E-state index contributed by atoms with van der Waals surface area (Å²) in [6.45, 7) is 0. The fourth-order valence-corrected chi connectivity index (χ4v) is 2.38. The fraction of sp³-hybridized carbons (Fsp3) is 0.231. The Kier molecular flexibility index (Phi) is 1.73. The van der Waals surface area contributed by atoms with E-state index in [-0.39, 0.29) is 6.10 Å². The lowest BCUT2D eigenvalue weighted by molar-refractivity contribution is 0.195. The van der Waals surface area contributed by atoms with Crippen LogP contribution in [0.15, 0.2) is 30.4 Å². The van der Waals surface area contributed by atoms with E-state index in [1.54, 1.807) is 14.2 Å². The first-order valence-electron chi connectivity index (χ1n) is 4.98. The van der Waals surface area contributed by atoms with E-state index in [9.17, 15) is 0 Å². The maximum Gasteiger partial charge on any atom is 0.119 e. The first-order chi connectivity index (χ1) is 7.35. The molecule has 1 atom stereocenters. The molecule has 76 valence electrons. The van der Waals surface area contributed by atoms with Crippen molar-refractivity contribution in [3.8, 4) is 5.75 Å². The highest BCUT2D eigenvalue weighted by Crippen LogP contribution is 2.28. The third kappa shape index (κ3) is 1.03. The first kappa shape index (κ1) is 8.74. The van der Waals surface area contributed by atoms with Crippen LogP contribution in [0.3, 0.4) is 0 Å². The maximum absolute atomic E-state index is 5.48. The molecule has 1 aromatic carbocycles. The minimum absolute atomic E-state index is 0.132. The van der Waals surface area contributed by atoms with Crippen molar-refractivity contribution in [2.45, 2.75) is 6.10 Å². The molecule has 1 aromatic rings. The summed E-state index contributed by atoms with van der Waals surface area (Å²) < 4.78 is 10.7. The third-order valence-corrected chi connectivity index (χ3v) is 3.09. The Morgan fingerprint density at radius 1 is 1.00 bits per heavy atom. The van der Waals surface area contributed by atoms with Crippen LogP contribution in [0.25, 0.3) is 11.1 Å². The summed E-state index contributed by atoms with van der Waals surface area (Å²) in [5, 5.41) is 2.53. The number of hydrogen-bond acceptors (Lipinski definition) is 2. The van der Waals surface area contributed by atoms with Crippen molar-refractivity contribution in [3.63, 3.8) is 0 Å². The lowest BCUT2D eigenvalue weighted by atomic mass is 10.1. The molecule has 0 saturated heterocycles. The molecule has 0 saturated carbocycles. The van der Waals surface area contributed by atoms with Gasteiger partial charge in [0.25, 0.3) is 0 Å². The zero-order valence-electron chi connectivity index (χ0n) is 8.78. The van der Waals surface area contributed by atoms with Crippen LogP contribution in [0.2, 0.25) is 0 Å². The molecule has 2 bridgehead atoms. The molecule has 0 spiro atoms. The van der Waals surface area contributed by atoms with Crippen LogP contribution in [0.1, 0.15) is 0 Å². The van der Waals surface area contributed by atoms with Crippen molar-refractivity contribution >= 4 is 11.1 Å². The van der Waals surface area contributed by atoms with Gasteiger partial charge in [-0.25, -0.2) is 0 Å². The van der Waals surface area contributed by atoms with Gasteiger partial charge in [0.2, 0.25) is 0 Å². The first-order valence-corrected chi connectivity index (χ1v) is 4.98. The molecule has 0 aliphatic heterocycles. The molecule has 0 fully saturated rings. The molecule has 2 heteroatoms. The van der Waals surface area contributed by atoms with Crippen LogP contribution >= 0.6 is 0 Å². The van der Waals surface area contributed by atoms with Crippen molar-refractivity contribution in [2.24, 2.45) is 0 Å². The average Bonchev–Trinajstić information content (AvgIpc) is 2.83. The van der Waals surface area contributed by atoms with E-state index in [1.165, 1.54) is 21.6 Å². The third-order valence-electron chi connectivity index (χ3n) is 3.09. The van der Waals surface area contributed by atoms with Crippen molar-refractivity contribution in [3.05, 3.63) is 40.8 Å². The normalized spacial score (nSPS) is 21.1. The molecule has 2 nitrogen and oxygen atoms in total. The van der Waals surface area contributed by atoms with E-state index >= 15 is 0 Å². The van der Waals surface area contributed by atoms with E-state index in [0.717, 1.165) is 5.75 Å². The Balaban J connectivity index is 2.35. The molecule has 0 amide bonds. The molecule has 2 aliphatic rings. The van der Waals surface area contributed by atoms with Crippen LogP contribution < -0.4 is 15.2 Å². The van der Waals surface area contributed by atoms with Crippen LogP contribution in [-0.4, -0.2) is 20.3 Å². The van der Waals surface area contributed by atoms with E-state index in [2.05, 4.69) is 24.3 Å². The number of hydrogen-bond donors (Lipinski definition) is 0. The summed E-state index contributed by atoms with van der Waals surface area (Å²) in [7, 11) is 3.44. The molecule has 3 rings (SSSR count). The standard InChI is InChI=1S/C13H12O2/c1-14-8-3-4-9-10-5-6-11(12(9)7-8)13(10)15-2/h3-7,13H,1-2H3. The summed E-state index contributed by atoms with van der Waals surface area (Å²) >= 11 is 0. The zero-order chi connectivity index (χ0) is 10.4. The van der Waals surface area contributed by atoms with E-state index < -0.39 is 0 Å². The summed E-state index contributed by atoms with van der Waals surface area (Å²) in [5.41, 5.74) is 2.52. The van der Waals surface area contributed by atoms with E-state index in [1.807, 2.05) is 6.07 Å². The predicted molar refractivity (Wildman–Crippen MR) is 59.0 cm³/mol. The molecular formula is C13H12O2. The highest BCUT2D eigenvalue weighted by atomic mass is 16.5. The molecule has 0 aromatic heterocycles. The molecule has 15 heavy (non-hydrogen) atoms. The lowest BCUT2D eigenvalue weighted by Gasteiger charge is -2.06. The van der Waals surface area contributed by atoms with E-state index in [4.69, 9.17) is 9.47 Å². The van der Waals surface area contributed by atoms with Crippen LogP contribution in [0, 0.1) is 0 Å². The number of methoxy groups -OCH3 is 2. The second-order valence-corrected chi connectivity index (χ2v) is 3.77. The fourth-order valence-electron chi connectivity index (χ4n) is 2.38. The highest BCUT2D eigenvalue weighted by molar-refractivity contribution is 5.90. The van der Waals surface area contributed by atoms with Gasteiger partial charge < -0.3 is 9.47 Å². The summed E-state index contributed by atoms with van der Waals surface area (Å²) in [5.74, 6) is 0.901. The summed E-state index contributed by atoms with van der Waals surface area (Å²) in [6.07, 6.45) is 4.40. The van der Waals surface area contributed by atoms with Crippen molar-refractivity contribution in [1.29, 1.82) is 0 Å². The monoisotopic (exact) mass is 200 g/mol. The Labute approximate surface area is 88.1 Å². The molecule has 0 heterocycles. The van der Waals surface area contributed by atoms with Gasteiger partial charge in [0, 0.05) is 7.11 Å². The highest BCUT2D eigenvalue weighted by Gasteiger charge is 2.27. The van der Waals surface area contributed by atoms with Crippen molar-refractivity contribution < 1.29 is 9.47 Å². The number of benzene rings is 1. The molecular weight excluding hydrogens is 188 g/mol. The van der Waals surface area contributed by atoms with Gasteiger partial charge in [-0.1, -0.05) is 18.2 Å².